The minimum Gasteiger partial charge on any atom is -0.346 e. The van der Waals surface area contributed by atoms with E-state index in [1.165, 1.54) is 0 Å². The van der Waals surface area contributed by atoms with Crippen LogP contribution in [0.2, 0.25) is 0 Å². The molecule has 0 spiro atoms. The van der Waals surface area contributed by atoms with Gasteiger partial charge < -0.3 is 5.32 Å². The number of carbonyl (C=O) groups is 1. The molecular weight excluding hydrogens is 372 g/mol. The number of hydrogen-bond donors (Lipinski definition) is 1. The summed E-state index contributed by atoms with van der Waals surface area (Å²) in [5, 5.41) is 3.30. The summed E-state index contributed by atoms with van der Waals surface area (Å²) in [6.45, 7) is 0. The number of benzene rings is 1. The highest BCUT2D eigenvalue weighted by Crippen LogP contribution is 2.34. The Balaban J connectivity index is 2.24. The summed E-state index contributed by atoms with van der Waals surface area (Å²) in [6, 6.07) is 2.17. The third kappa shape index (κ3) is 2.59. The zero-order valence-corrected chi connectivity index (χ0v) is 12.6. The molecule has 0 atom stereocenters. The monoisotopic (exact) mass is 381 g/mol. The molecular formula is C12H11Br2F2NO. The third-order valence-electron chi connectivity index (χ3n) is 3.18. The molecule has 1 amide bonds. The van der Waals surface area contributed by atoms with Crippen LogP contribution in [-0.4, -0.2) is 16.8 Å². The highest BCUT2D eigenvalue weighted by molar-refractivity contribution is 9.10. The van der Waals surface area contributed by atoms with E-state index in [9.17, 15) is 13.6 Å². The van der Waals surface area contributed by atoms with E-state index in [-0.39, 0.29) is 10.0 Å². The molecule has 1 fully saturated rings. The van der Waals surface area contributed by atoms with Gasteiger partial charge in [-0.2, -0.15) is 0 Å². The summed E-state index contributed by atoms with van der Waals surface area (Å²) in [5.74, 6) is -2.41. The lowest BCUT2D eigenvalue weighted by atomic mass is 9.78. The van der Waals surface area contributed by atoms with Gasteiger partial charge in [0, 0.05) is 9.80 Å². The minimum atomic E-state index is -0.858. The van der Waals surface area contributed by atoms with Gasteiger partial charge in [-0.1, -0.05) is 31.9 Å². The lowest BCUT2D eigenvalue weighted by Gasteiger charge is -2.41. The van der Waals surface area contributed by atoms with Crippen molar-refractivity contribution < 1.29 is 13.6 Å². The van der Waals surface area contributed by atoms with E-state index in [2.05, 4.69) is 37.2 Å². The molecule has 1 N–H and O–H groups in total. The van der Waals surface area contributed by atoms with E-state index in [4.69, 9.17) is 0 Å². The standard InChI is InChI=1S/C12H11Br2F2NO/c13-6-12(2-1-3-12)17-11(18)10-8(15)4-7(14)5-9(10)16/h4-5H,1-3,6H2,(H,17,18). The van der Waals surface area contributed by atoms with Crippen molar-refractivity contribution in [2.75, 3.05) is 5.33 Å². The first kappa shape index (κ1) is 13.9. The molecule has 0 saturated heterocycles. The van der Waals surface area contributed by atoms with E-state index in [0.717, 1.165) is 31.4 Å². The van der Waals surface area contributed by atoms with Crippen molar-refractivity contribution in [3.8, 4) is 0 Å². The lowest BCUT2D eigenvalue weighted by molar-refractivity contribution is 0.0848. The second-order valence-electron chi connectivity index (χ2n) is 4.47. The third-order valence-corrected chi connectivity index (χ3v) is 4.71. The van der Waals surface area contributed by atoms with Crippen LogP contribution >= 0.6 is 31.9 Å². The molecule has 98 valence electrons. The van der Waals surface area contributed by atoms with Crippen LogP contribution in [0.4, 0.5) is 8.78 Å². The summed E-state index contributed by atoms with van der Waals surface area (Å²) in [7, 11) is 0. The zero-order chi connectivity index (χ0) is 13.3. The predicted molar refractivity (Wildman–Crippen MR) is 71.9 cm³/mol. The molecule has 1 aliphatic rings. The molecule has 1 aromatic rings. The number of hydrogen-bond acceptors (Lipinski definition) is 1. The van der Waals surface area contributed by atoms with Crippen LogP contribution in [0.1, 0.15) is 29.6 Å². The van der Waals surface area contributed by atoms with Crippen LogP contribution in [0.15, 0.2) is 16.6 Å². The van der Waals surface area contributed by atoms with Gasteiger partial charge in [-0.15, -0.1) is 0 Å². The fourth-order valence-electron chi connectivity index (χ4n) is 1.96. The molecule has 2 rings (SSSR count). The molecule has 1 aromatic carbocycles. The lowest BCUT2D eigenvalue weighted by Crippen LogP contribution is -2.55. The van der Waals surface area contributed by atoms with Crippen LogP contribution in [-0.2, 0) is 0 Å². The van der Waals surface area contributed by atoms with Crippen molar-refractivity contribution in [1.29, 1.82) is 0 Å². The predicted octanol–water partition coefficient (Wildman–Crippen LogP) is 3.77. The molecule has 0 heterocycles. The largest absolute Gasteiger partial charge is 0.346 e. The molecule has 2 nitrogen and oxygen atoms in total. The van der Waals surface area contributed by atoms with Gasteiger partial charge in [-0.25, -0.2) is 8.78 Å². The molecule has 0 bridgehead atoms. The number of nitrogens with one attached hydrogen (secondary N) is 1. The molecule has 1 aliphatic carbocycles. The van der Waals surface area contributed by atoms with E-state index in [1.54, 1.807) is 0 Å². The van der Waals surface area contributed by atoms with Gasteiger partial charge in [0.1, 0.15) is 17.2 Å². The average molecular weight is 383 g/mol. The average Bonchev–Trinajstić information content (AvgIpc) is 2.21. The molecule has 0 unspecified atom stereocenters. The summed E-state index contributed by atoms with van der Waals surface area (Å²) >= 11 is 6.30. The zero-order valence-electron chi connectivity index (χ0n) is 9.40. The number of carbonyl (C=O) groups excluding carboxylic acids is 1. The second kappa shape index (κ2) is 5.25. The van der Waals surface area contributed by atoms with Crippen LogP contribution in [0.3, 0.4) is 0 Å². The SMILES string of the molecule is O=C(NC1(CBr)CCC1)c1c(F)cc(Br)cc1F. The quantitative estimate of drug-likeness (QED) is 0.792. The van der Waals surface area contributed by atoms with Gasteiger partial charge in [-0.05, 0) is 31.4 Å². The van der Waals surface area contributed by atoms with E-state index < -0.39 is 23.1 Å². The van der Waals surface area contributed by atoms with Crippen LogP contribution in [0.25, 0.3) is 0 Å². The molecule has 1 saturated carbocycles. The topological polar surface area (TPSA) is 29.1 Å². The van der Waals surface area contributed by atoms with Crippen molar-refractivity contribution in [2.24, 2.45) is 0 Å². The maximum Gasteiger partial charge on any atom is 0.257 e. The Labute approximate surface area is 120 Å². The van der Waals surface area contributed by atoms with Crippen molar-refractivity contribution >= 4 is 37.8 Å². The fraction of sp³-hybridized carbons (Fsp3) is 0.417. The smallest absolute Gasteiger partial charge is 0.257 e. The van der Waals surface area contributed by atoms with Crippen molar-refractivity contribution in [1.82, 2.24) is 5.32 Å². The Bertz CT molecular complexity index is 460. The summed E-state index contributed by atoms with van der Waals surface area (Å²) in [6.07, 6.45) is 2.66. The Hall–Kier alpha value is -0.490. The van der Waals surface area contributed by atoms with Gasteiger partial charge >= 0.3 is 0 Å². The summed E-state index contributed by atoms with van der Waals surface area (Å²) in [4.78, 5) is 11.9. The number of rotatable bonds is 3. The first-order chi connectivity index (χ1) is 8.47. The van der Waals surface area contributed by atoms with Gasteiger partial charge in [0.15, 0.2) is 0 Å². The van der Waals surface area contributed by atoms with Gasteiger partial charge in [0.05, 0.1) is 5.54 Å². The number of amides is 1. The summed E-state index contributed by atoms with van der Waals surface area (Å²) < 4.78 is 27.5. The Morgan fingerprint density at radius 3 is 2.28 bits per heavy atom. The fourth-order valence-corrected chi connectivity index (χ4v) is 3.06. The van der Waals surface area contributed by atoms with E-state index >= 15 is 0 Å². The van der Waals surface area contributed by atoms with Crippen LogP contribution in [0, 0.1) is 11.6 Å². The van der Waals surface area contributed by atoms with Gasteiger partial charge in [-0.3, -0.25) is 4.79 Å². The molecule has 0 aromatic heterocycles. The van der Waals surface area contributed by atoms with Crippen LogP contribution in [0.5, 0.6) is 0 Å². The van der Waals surface area contributed by atoms with Crippen molar-refractivity contribution in [3.05, 3.63) is 33.8 Å². The molecule has 6 heteroatoms. The van der Waals surface area contributed by atoms with Crippen LogP contribution < -0.4 is 5.32 Å². The first-order valence-corrected chi connectivity index (χ1v) is 7.42. The van der Waals surface area contributed by atoms with E-state index in [1.807, 2.05) is 0 Å². The van der Waals surface area contributed by atoms with Gasteiger partial charge in [0.2, 0.25) is 0 Å². The van der Waals surface area contributed by atoms with E-state index in [0.29, 0.717) is 5.33 Å². The maximum absolute atomic E-state index is 13.6. The molecule has 18 heavy (non-hydrogen) atoms. The number of alkyl halides is 1. The normalized spacial score (nSPS) is 17.1. The van der Waals surface area contributed by atoms with Crippen molar-refractivity contribution in [2.45, 2.75) is 24.8 Å². The number of halogens is 4. The Kier molecular flexibility index (Phi) is 4.06. The van der Waals surface area contributed by atoms with Gasteiger partial charge in [0.25, 0.3) is 5.91 Å². The molecule has 0 radical (unpaired) electrons. The highest BCUT2D eigenvalue weighted by Gasteiger charge is 2.38. The Morgan fingerprint density at radius 1 is 1.33 bits per heavy atom. The first-order valence-electron chi connectivity index (χ1n) is 5.50. The maximum atomic E-state index is 13.6. The van der Waals surface area contributed by atoms with Crippen molar-refractivity contribution in [3.63, 3.8) is 0 Å². The highest BCUT2D eigenvalue weighted by atomic mass is 79.9. The minimum absolute atomic E-state index is 0.271. The molecule has 0 aliphatic heterocycles. The summed E-state index contributed by atoms with van der Waals surface area (Å²) in [5.41, 5.74) is -0.881. The Morgan fingerprint density at radius 2 is 1.89 bits per heavy atom. The second-order valence-corrected chi connectivity index (χ2v) is 5.94.